The van der Waals surface area contributed by atoms with Gasteiger partial charge in [-0.05, 0) is 19.4 Å². The molecule has 4 heteroatoms. The fraction of sp³-hybridized carbons (Fsp3) is 0.357. The molecule has 0 radical (unpaired) electrons. The molecule has 0 saturated heterocycles. The van der Waals surface area contributed by atoms with Crippen LogP contribution in [0, 0.1) is 0 Å². The molecule has 0 amide bonds. The maximum atomic E-state index is 9.95. The van der Waals surface area contributed by atoms with Gasteiger partial charge in [0, 0.05) is 6.04 Å². The average molecular weight is 246 g/mol. The van der Waals surface area contributed by atoms with Gasteiger partial charge in [0.15, 0.2) is 5.75 Å². The van der Waals surface area contributed by atoms with Crippen molar-refractivity contribution >= 4 is 0 Å². The molecule has 1 aromatic heterocycles. The number of rotatable bonds is 5. The van der Waals surface area contributed by atoms with E-state index in [1.54, 1.807) is 6.20 Å². The van der Waals surface area contributed by atoms with Crippen LogP contribution in [-0.4, -0.2) is 21.5 Å². The van der Waals surface area contributed by atoms with E-state index in [4.69, 9.17) is 4.74 Å². The minimum Gasteiger partial charge on any atom is -0.487 e. The normalized spacial score (nSPS) is 12.7. The summed E-state index contributed by atoms with van der Waals surface area (Å²) in [6.45, 7) is 4.33. The highest BCUT2D eigenvalue weighted by atomic mass is 16.5. The number of aliphatic hydroxyl groups excluding tert-OH is 1. The minimum absolute atomic E-state index is 0.230. The van der Waals surface area contributed by atoms with E-state index < -0.39 is 6.10 Å². The van der Waals surface area contributed by atoms with Gasteiger partial charge in [0.25, 0.3) is 0 Å². The Kier molecular flexibility index (Phi) is 3.99. The van der Waals surface area contributed by atoms with Crippen molar-refractivity contribution in [3.63, 3.8) is 0 Å². The standard InChI is InChI=1S/C14H18N2O2/c1-11(2)16-9-13(8-15-16)18-10-14(17)12-6-4-3-5-7-12/h3-9,11,14,17H,10H2,1-2H3. The van der Waals surface area contributed by atoms with Gasteiger partial charge < -0.3 is 9.84 Å². The second kappa shape index (κ2) is 5.69. The van der Waals surface area contributed by atoms with Gasteiger partial charge in [0.1, 0.15) is 12.7 Å². The Labute approximate surface area is 107 Å². The summed E-state index contributed by atoms with van der Waals surface area (Å²) < 4.78 is 7.34. The quantitative estimate of drug-likeness (QED) is 0.882. The SMILES string of the molecule is CC(C)n1cc(OCC(O)c2ccccc2)cn1. The molecule has 1 aromatic carbocycles. The number of aliphatic hydroxyl groups is 1. The zero-order valence-corrected chi connectivity index (χ0v) is 10.7. The fourth-order valence-electron chi connectivity index (χ4n) is 1.62. The van der Waals surface area contributed by atoms with Gasteiger partial charge in [-0.15, -0.1) is 0 Å². The first-order valence-corrected chi connectivity index (χ1v) is 6.07. The molecule has 0 bridgehead atoms. The van der Waals surface area contributed by atoms with Crippen LogP contribution in [0.3, 0.4) is 0 Å². The number of nitrogens with zero attached hydrogens (tertiary/aromatic N) is 2. The highest BCUT2D eigenvalue weighted by Gasteiger charge is 2.09. The molecule has 0 spiro atoms. The van der Waals surface area contributed by atoms with Gasteiger partial charge in [-0.3, -0.25) is 4.68 Å². The summed E-state index contributed by atoms with van der Waals surface area (Å²) in [5, 5.41) is 14.1. The van der Waals surface area contributed by atoms with Crippen molar-refractivity contribution in [3.8, 4) is 5.75 Å². The second-order valence-corrected chi connectivity index (χ2v) is 4.49. The minimum atomic E-state index is -0.617. The van der Waals surface area contributed by atoms with Gasteiger partial charge in [-0.1, -0.05) is 30.3 Å². The maximum Gasteiger partial charge on any atom is 0.157 e. The van der Waals surface area contributed by atoms with E-state index in [1.165, 1.54) is 0 Å². The Morgan fingerprint density at radius 1 is 1.28 bits per heavy atom. The Morgan fingerprint density at radius 2 is 2.00 bits per heavy atom. The molecule has 0 saturated carbocycles. The largest absolute Gasteiger partial charge is 0.487 e. The van der Waals surface area contributed by atoms with Gasteiger partial charge >= 0.3 is 0 Å². The molecule has 0 aliphatic carbocycles. The van der Waals surface area contributed by atoms with Crippen molar-refractivity contribution in [2.75, 3.05) is 6.61 Å². The molecule has 2 rings (SSSR count). The van der Waals surface area contributed by atoms with Crippen LogP contribution in [0.1, 0.15) is 31.6 Å². The van der Waals surface area contributed by atoms with E-state index in [2.05, 4.69) is 18.9 Å². The van der Waals surface area contributed by atoms with Crippen molar-refractivity contribution in [2.45, 2.75) is 26.0 Å². The molecule has 2 aromatic rings. The van der Waals surface area contributed by atoms with Crippen molar-refractivity contribution in [1.29, 1.82) is 0 Å². The molecule has 1 unspecified atom stereocenters. The lowest BCUT2D eigenvalue weighted by molar-refractivity contribution is 0.108. The lowest BCUT2D eigenvalue weighted by Gasteiger charge is -2.11. The first-order chi connectivity index (χ1) is 8.66. The first-order valence-electron chi connectivity index (χ1n) is 6.07. The number of aromatic nitrogens is 2. The molecule has 1 heterocycles. The molecule has 18 heavy (non-hydrogen) atoms. The lowest BCUT2D eigenvalue weighted by atomic mass is 10.1. The van der Waals surface area contributed by atoms with Crippen molar-refractivity contribution in [1.82, 2.24) is 9.78 Å². The van der Waals surface area contributed by atoms with Crippen LogP contribution in [0.2, 0.25) is 0 Å². The molecule has 0 aliphatic rings. The zero-order valence-electron chi connectivity index (χ0n) is 10.7. The van der Waals surface area contributed by atoms with Gasteiger partial charge in [0.05, 0.1) is 12.4 Å². The summed E-state index contributed by atoms with van der Waals surface area (Å²) in [5.41, 5.74) is 0.855. The summed E-state index contributed by atoms with van der Waals surface area (Å²) in [6, 6.07) is 9.78. The monoisotopic (exact) mass is 246 g/mol. The highest BCUT2D eigenvalue weighted by Crippen LogP contribution is 2.16. The Hall–Kier alpha value is -1.81. The third kappa shape index (κ3) is 3.11. The Bertz CT molecular complexity index is 480. The van der Waals surface area contributed by atoms with Crippen molar-refractivity contribution < 1.29 is 9.84 Å². The number of benzene rings is 1. The summed E-state index contributed by atoms with van der Waals surface area (Å²) in [5.74, 6) is 0.679. The van der Waals surface area contributed by atoms with Crippen molar-refractivity contribution in [3.05, 3.63) is 48.3 Å². The summed E-state index contributed by atoms with van der Waals surface area (Å²) in [7, 11) is 0. The highest BCUT2D eigenvalue weighted by molar-refractivity contribution is 5.18. The smallest absolute Gasteiger partial charge is 0.157 e. The molecular formula is C14H18N2O2. The number of hydrogen-bond donors (Lipinski definition) is 1. The molecule has 4 nitrogen and oxygen atoms in total. The van der Waals surface area contributed by atoms with Crippen LogP contribution >= 0.6 is 0 Å². The van der Waals surface area contributed by atoms with Gasteiger partial charge in [-0.2, -0.15) is 5.10 Å². The summed E-state index contributed by atoms with van der Waals surface area (Å²) in [6.07, 6.45) is 2.88. The van der Waals surface area contributed by atoms with E-state index in [0.29, 0.717) is 11.8 Å². The van der Waals surface area contributed by atoms with E-state index in [9.17, 15) is 5.11 Å². The number of ether oxygens (including phenoxy) is 1. The summed E-state index contributed by atoms with van der Waals surface area (Å²) in [4.78, 5) is 0. The Morgan fingerprint density at radius 3 is 2.61 bits per heavy atom. The Balaban J connectivity index is 1.91. The second-order valence-electron chi connectivity index (χ2n) is 4.49. The molecular weight excluding hydrogens is 228 g/mol. The fourth-order valence-corrected chi connectivity index (χ4v) is 1.62. The lowest BCUT2D eigenvalue weighted by Crippen LogP contribution is -2.09. The first kappa shape index (κ1) is 12.6. The molecule has 1 N–H and O–H groups in total. The molecule has 0 fully saturated rings. The van der Waals surface area contributed by atoms with Crippen LogP contribution in [0.15, 0.2) is 42.7 Å². The van der Waals surface area contributed by atoms with E-state index in [-0.39, 0.29) is 6.61 Å². The van der Waals surface area contributed by atoms with Gasteiger partial charge in [-0.25, -0.2) is 0 Å². The average Bonchev–Trinajstić information content (AvgIpc) is 2.86. The summed E-state index contributed by atoms with van der Waals surface area (Å²) >= 11 is 0. The molecule has 96 valence electrons. The van der Waals surface area contributed by atoms with E-state index >= 15 is 0 Å². The van der Waals surface area contributed by atoms with Crippen LogP contribution in [0.25, 0.3) is 0 Å². The van der Waals surface area contributed by atoms with Crippen LogP contribution in [0.4, 0.5) is 0 Å². The zero-order chi connectivity index (χ0) is 13.0. The molecule has 1 atom stereocenters. The predicted molar refractivity (Wildman–Crippen MR) is 69.5 cm³/mol. The number of hydrogen-bond acceptors (Lipinski definition) is 3. The third-order valence-electron chi connectivity index (χ3n) is 2.70. The topological polar surface area (TPSA) is 47.3 Å². The van der Waals surface area contributed by atoms with Crippen LogP contribution < -0.4 is 4.74 Å². The van der Waals surface area contributed by atoms with E-state index in [0.717, 1.165) is 5.56 Å². The van der Waals surface area contributed by atoms with Crippen LogP contribution in [0.5, 0.6) is 5.75 Å². The van der Waals surface area contributed by atoms with Crippen LogP contribution in [-0.2, 0) is 0 Å². The van der Waals surface area contributed by atoms with E-state index in [1.807, 2.05) is 41.2 Å². The molecule has 0 aliphatic heterocycles. The van der Waals surface area contributed by atoms with Gasteiger partial charge in [0.2, 0.25) is 0 Å². The predicted octanol–water partition coefficient (Wildman–Crippen LogP) is 2.58. The maximum absolute atomic E-state index is 9.95. The third-order valence-corrected chi connectivity index (χ3v) is 2.70. The van der Waals surface area contributed by atoms with Crippen molar-refractivity contribution in [2.24, 2.45) is 0 Å².